The molecule has 3 nitrogen and oxygen atoms in total. The van der Waals surface area contributed by atoms with Crippen LogP contribution in [0.2, 0.25) is 4.34 Å². The lowest BCUT2D eigenvalue weighted by atomic mass is 9.91. The van der Waals surface area contributed by atoms with Crippen molar-refractivity contribution in [1.29, 1.82) is 0 Å². The molecule has 0 bridgehead atoms. The number of aliphatic hydroxyl groups is 1. The molecular formula is C11H19ClN2OS. The number of rotatable bonds is 6. The SMILES string of the molecule is CC(C)(CNCC(N)CO)c1ccc(Cl)s1. The van der Waals surface area contributed by atoms with Crippen molar-refractivity contribution in [1.82, 2.24) is 5.32 Å². The van der Waals surface area contributed by atoms with Gasteiger partial charge >= 0.3 is 0 Å². The molecule has 1 aromatic rings. The number of halogens is 1. The van der Waals surface area contributed by atoms with Crippen LogP contribution >= 0.6 is 22.9 Å². The van der Waals surface area contributed by atoms with Crippen molar-refractivity contribution in [3.8, 4) is 0 Å². The van der Waals surface area contributed by atoms with Gasteiger partial charge in [-0.2, -0.15) is 0 Å². The summed E-state index contributed by atoms with van der Waals surface area (Å²) in [5, 5.41) is 12.1. The first-order valence-electron chi connectivity index (χ1n) is 5.28. The fourth-order valence-electron chi connectivity index (χ4n) is 1.40. The third kappa shape index (κ3) is 4.03. The van der Waals surface area contributed by atoms with Gasteiger partial charge in [0.05, 0.1) is 10.9 Å². The van der Waals surface area contributed by atoms with Crippen LogP contribution in [-0.4, -0.2) is 30.8 Å². The first-order chi connectivity index (χ1) is 7.45. The van der Waals surface area contributed by atoms with E-state index in [1.165, 1.54) is 4.88 Å². The minimum atomic E-state index is -0.192. The normalized spacial score (nSPS) is 14.1. The molecule has 0 spiro atoms. The van der Waals surface area contributed by atoms with E-state index < -0.39 is 0 Å². The van der Waals surface area contributed by atoms with E-state index in [0.29, 0.717) is 6.54 Å². The molecule has 16 heavy (non-hydrogen) atoms. The minimum Gasteiger partial charge on any atom is -0.395 e. The lowest BCUT2D eigenvalue weighted by Gasteiger charge is -2.24. The zero-order valence-electron chi connectivity index (χ0n) is 9.66. The highest BCUT2D eigenvalue weighted by molar-refractivity contribution is 7.16. The molecule has 1 heterocycles. The molecule has 0 radical (unpaired) electrons. The van der Waals surface area contributed by atoms with Crippen LogP contribution < -0.4 is 11.1 Å². The molecule has 1 rings (SSSR count). The maximum absolute atomic E-state index is 8.80. The lowest BCUT2D eigenvalue weighted by molar-refractivity contribution is 0.260. The third-order valence-electron chi connectivity index (χ3n) is 2.45. The Morgan fingerprint density at radius 3 is 2.75 bits per heavy atom. The largest absolute Gasteiger partial charge is 0.395 e. The van der Waals surface area contributed by atoms with Crippen LogP contribution in [0.4, 0.5) is 0 Å². The van der Waals surface area contributed by atoms with Crippen LogP contribution in [0.3, 0.4) is 0 Å². The van der Waals surface area contributed by atoms with Crippen LogP contribution in [0.5, 0.6) is 0 Å². The van der Waals surface area contributed by atoms with Crippen molar-refractivity contribution >= 4 is 22.9 Å². The molecule has 0 aliphatic rings. The second kappa shape index (κ2) is 5.98. The Hall–Kier alpha value is -0.130. The molecule has 0 aliphatic carbocycles. The molecule has 0 aromatic carbocycles. The van der Waals surface area contributed by atoms with Crippen molar-refractivity contribution in [2.45, 2.75) is 25.3 Å². The summed E-state index contributed by atoms with van der Waals surface area (Å²) in [7, 11) is 0. The van der Waals surface area contributed by atoms with Gasteiger partial charge in [0.1, 0.15) is 0 Å². The Balaban J connectivity index is 2.46. The van der Waals surface area contributed by atoms with Crippen LogP contribution in [-0.2, 0) is 5.41 Å². The van der Waals surface area contributed by atoms with E-state index in [9.17, 15) is 0 Å². The summed E-state index contributed by atoms with van der Waals surface area (Å²) in [5.41, 5.74) is 5.65. The van der Waals surface area contributed by atoms with Gasteiger partial charge < -0.3 is 16.2 Å². The Morgan fingerprint density at radius 2 is 2.25 bits per heavy atom. The molecule has 0 amide bonds. The number of thiophene rings is 1. The summed E-state index contributed by atoms with van der Waals surface area (Å²) in [4.78, 5) is 1.25. The van der Waals surface area contributed by atoms with Gasteiger partial charge in [0, 0.05) is 29.4 Å². The Morgan fingerprint density at radius 1 is 1.56 bits per heavy atom. The number of nitrogens with two attached hydrogens (primary N) is 1. The van der Waals surface area contributed by atoms with Gasteiger partial charge in [0.15, 0.2) is 0 Å². The van der Waals surface area contributed by atoms with Crippen molar-refractivity contribution in [2.75, 3.05) is 19.7 Å². The molecule has 1 unspecified atom stereocenters. The smallest absolute Gasteiger partial charge is 0.0931 e. The Kier molecular flexibility index (Phi) is 5.21. The van der Waals surface area contributed by atoms with E-state index in [1.807, 2.05) is 6.07 Å². The maximum Gasteiger partial charge on any atom is 0.0931 e. The zero-order valence-corrected chi connectivity index (χ0v) is 11.2. The van der Waals surface area contributed by atoms with Gasteiger partial charge in [0.25, 0.3) is 0 Å². The molecule has 5 heteroatoms. The molecule has 0 aliphatic heterocycles. The molecule has 0 saturated carbocycles. The summed E-state index contributed by atoms with van der Waals surface area (Å²) in [6, 6.07) is 3.78. The summed E-state index contributed by atoms with van der Waals surface area (Å²) in [5.74, 6) is 0. The molecule has 92 valence electrons. The first-order valence-corrected chi connectivity index (χ1v) is 6.48. The van der Waals surface area contributed by atoms with E-state index in [0.717, 1.165) is 10.9 Å². The topological polar surface area (TPSA) is 58.3 Å². The number of hydrogen-bond acceptors (Lipinski definition) is 4. The summed E-state index contributed by atoms with van der Waals surface area (Å²) >= 11 is 7.52. The lowest BCUT2D eigenvalue weighted by Crippen LogP contribution is -2.41. The van der Waals surface area contributed by atoms with Gasteiger partial charge in [-0.15, -0.1) is 11.3 Å². The van der Waals surface area contributed by atoms with Gasteiger partial charge in [-0.25, -0.2) is 0 Å². The molecule has 0 fully saturated rings. The predicted molar refractivity (Wildman–Crippen MR) is 70.3 cm³/mol. The van der Waals surface area contributed by atoms with Gasteiger partial charge in [-0.3, -0.25) is 0 Å². The molecule has 0 saturated heterocycles. The van der Waals surface area contributed by atoms with Crippen LogP contribution in [0.15, 0.2) is 12.1 Å². The Labute approximate surface area is 106 Å². The quantitative estimate of drug-likeness (QED) is 0.730. The van der Waals surface area contributed by atoms with E-state index in [4.69, 9.17) is 22.4 Å². The molecule has 1 aromatic heterocycles. The Bertz CT molecular complexity index is 328. The van der Waals surface area contributed by atoms with Crippen molar-refractivity contribution in [2.24, 2.45) is 5.73 Å². The fourth-order valence-corrected chi connectivity index (χ4v) is 2.54. The van der Waals surface area contributed by atoms with Gasteiger partial charge in [-0.1, -0.05) is 25.4 Å². The third-order valence-corrected chi connectivity index (χ3v) is 4.05. The van der Waals surface area contributed by atoms with Crippen LogP contribution in [0, 0.1) is 0 Å². The highest BCUT2D eigenvalue weighted by atomic mass is 35.5. The van der Waals surface area contributed by atoms with E-state index >= 15 is 0 Å². The second-order valence-electron chi connectivity index (χ2n) is 4.56. The summed E-state index contributed by atoms with van der Waals surface area (Å²) in [6.45, 7) is 5.77. The van der Waals surface area contributed by atoms with E-state index in [2.05, 4.69) is 25.2 Å². The predicted octanol–water partition coefficient (Wildman–Crippen LogP) is 1.59. The van der Waals surface area contributed by atoms with Crippen molar-refractivity contribution in [3.63, 3.8) is 0 Å². The van der Waals surface area contributed by atoms with Gasteiger partial charge in [0.2, 0.25) is 0 Å². The van der Waals surface area contributed by atoms with Crippen molar-refractivity contribution < 1.29 is 5.11 Å². The second-order valence-corrected chi connectivity index (χ2v) is 6.28. The molecular weight excluding hydrogens is 244 g/mol. The van der Waals surface area contributed by atoms with Crippen molar-refractivity contribution in [3.05, 3.63) is 21.3 Å². The average Bonchev–Trinajstić information content (AvgIpc) is 2.65. The number of aliphatic hydroxyl groups excluding tert-OH is 1. The van der Waals surface area contributed by atoms with E-state index in [1.54, 1.807) is 11.3 Å². The molecule has 4 N–H and O–H groups in total. The maximum atomic E-state index is 8.80. The average molecular weight is 263 g/mol. The van der Waals surface area contributed by atoms with Crippen LogP contribution in [0.25, 0.3) is 0 Å². The van der Waals surface area contributed by atoms with Gasteiger partial charge in [-0.05, 0) is 12.1 Å². The van der Waals surface area contributed by atoms with Crippen LogP contribution in [0.1, 0.15) is 18.7 Å². The molecule has 1 atom stereocenters. The summed E-state index contributed by atoms with van der Waals surface area (Å²) in [6.07, 6.45) is 0. The monoisotopic (exact) mass is 262 g/mol. The first kappa shape index (κ1) is 13.9. The number of nitrogens with one attached hydrogen (secondary N) is 1. The highest BCUT2D eigenvalue weighted by Crippen LogP contribution is 2.31. The number of hydrogen-bond donors (Lipinski definition) is 3. The standard InChI is InChI=1S/C11H19ClN2OS/c1-11(2,7-14-5-8(13)6-15)9-3-4-10(12)16-9/h3-4,8,14-15H,5-7,13H2,1-2H3. The fraction of sp³-hybridized carbons (Fsp3) is 0.636. The minimum absolute atomic E-state index is 0.0122. The highest BCUT2D eigenvalue weighted by Gasteiger charge is 2.22. The zero-order chi connectivity index (χ0) is 12.2. The summed E-state index contributed by atoms with van der Waals surface area (Å²) < 4.78 is 0.815. The van der Waals surface area contributed by atoms with E-state index in [-0.39, 0.29) is 18.1 Å².